The van der Waals surface area contributed by atoms with E-state index in [1.54, 1.807) is 18.2 Å². The van der Waals surface area contributed by atoms with Gasteiger partial charge in [0.25, 0.3) is 0 Å². The number of rotatable bonds is 3. The van der Waals surface area contributed by atoms with E-state index >= 15 is 0 Å². The Kier molecular flexibility index (Phi) is 4.25. The normalized spacial score (nSPS) is 10.4. The van der Waals surface area contributed by atoms with Crippen molar-refractivity contribution >= 4 is 27.5 Å². The van der Waals surface area contributed by atoms with Crippen LogP contribution < -0.4 is 4.74 Å². The first-order valence-electron chi connectivity index (χ1n) is 5.38. The molecule has 2 rings (SSSR count). The predicted molar refractivity (Wildman–Crippen MR) is 74.9 cm³/mol. The second-order valence-electron chi connectivity index (χ2n) is 3.91. The van der Waals surface area contributed by atoms with Gasteiger partial charge in [0.2, 0.25) is 0 Å². The zero-order valence-corrected chi connectivity index (χ0v) is 12.1. The van der Waals surface area contributed by atoms with Crippen molar-refractivity contribution in [3.63, 3.8) is 0 Å². The van der Waals surface area contributed by atoms with Crippen LogP contribution in [0.5, 0.6) is 11.5 Å². The molecule has 0 saturated carbocycles. The van der Waals surface area contributed by atoms with E-state index in [-0.39, 0.29) is 11.6 Å². The molecule has 0 saturated heterocycles. The van der Waals surface area contributed by atoms with E-state index in [0.717, 1.165) is 15.6 Å². The third-order valence-electron chi connectivity index (χ3n) is 2.51. The van der Waals surface area contributed by atoms with Gasteiger partial charge in [0.15, 0.2) is 11.6 Å². The van der Waals surface area contributed by atoms with E-state index in [0.29, 0.717) is 11.6 Å². The van der Waals surface area contributed by atoms with Crippen LogP contribution in [-0.4, -0.2) is 0 Å². The fourth-order valence-electron chi connectivity index (χ4n) is 1.58. The summed E-state index contributed by atoms with van der Waals surface area (Å²) in [5, 5.41) is 0. The SMILES string of the molecule is Cc1cc(CCl)ccc1Oc1cc(Br)ccc1F. The third-order valence-corrected chi connectivity index (χ3v) is 3.31. The molecular formula is C14H11BrClFO. The molecule has 0 aliphatic heterocycles. The van der Waals surface area contributed by atoms with Crippen LogP contribution in [0.4, 0.5) is 4.39 Å². The van der Waals surface area contributed by atoms with Crippen molar-refractivity contribution in [2.24, 2.45) is 0 Å². The van der Waals surface area contributed by atoms with Gasteiger partial charge in [-0.25, -0.2) is 4.39 Å². The summed E-state index contributed by atoms with van der Waals surface area (Å²) in [7, 11) is 0. The lowest BCUT2D eigenvalue weighted by Crippen LogP contribution is -1.92. The Bertz CT molecular complexity index is 572. The first-order valence-corrected chi connectivity index (χ1v) is 6.71. The molecule has 0 aliphatic carbocycles. The molecule has 0 amide bonds. The van der Waals surface area contributed by atoms with Crippen molar-refractivity contribution in [1.82, 2.24) is 0 Å². The lowest BCUT2D eigenvalue weighted by Gasteiger charge is -2.10. The second-order valence-corrected chi connectivity index (χ2v) is 5.09. The van der Waals surface area contributed by atoms with Crippen LogP contribution in [-0.2, 0) is 5.88 Å². The lowest BCUT2D eigenvalue weighted by molar-refractivity contribution is 0.439. The monoisotopic (exact) mass is 328 g/mol. The van der Waals surface area contributed by atoms with Crippen LogP contribution in [0.15, 0.2) is 40.9 Å². The van der Waals surface area contributed by atoms with E-state index in [9.17, 15) is 4.39 Å². The van der Waals surface area contributed by atoms with Crippen LogP contribution in [0.2, 0.25) is 0 Å². The van der Waals surface area contributed by atoms with E-state index < -0.39 is 0 Å². The zero-order chi connectivity index (χ0) is 13.1. The fourth-order valence-corrected chi connectivity index (χ4v) is 2.09. The van der Waals surface area contributed by atoms with Crippen molar-refractivity contribution in [2.45, 2.75) is 12.8 Å². The highest BCUT2D eigenvalue weighted by molar-refractivity contribution is 9.10. The molecule has 0 aliphatic rings. The van der Waals surface area contributed by atoms with Gasteiger partial charge in [0.1, 0.15) is 5.75 Å². The predicted octanol–water partition coefficient (Wildman–Crippen LogP) is 5.43. The molecule has 0 fully saturated rings. The molecule has 0 N–H and O–H groups in total. The summed E-state index contributed by atoms with van der Waals surface area (Å²) < 4.78 is 19.9. The molecule has 4 heteroatoms. The van der Waals surface area contributed by atoms with Gasteiger partial charge in [0, 0.05) is 10.4 Å². The quantitative estimate of drug-likeness (QED) is 0.682. The molecule has 0 unspecified atom stereocenters. The van der Waals surface area contributed by atoms with Gasteiger partial charge in [-0.15, -0.1) is 11.6 Å². The molecule has 0 radical (unpaired) electrons. The van der Waals surface area contributed by atoms with Crippen LogP contribution in [0, 0.1) is 12.7 Å². The van der Waals surface area contributed by atoms with Gasteiger partial charge in [-0.1, -0.05) is 28.1 Å². The zero-order valence-electron chi connectivity index (χ0n) is 9.71. The molecule has 0 bridgehead atoms. The van der Waals surface area contributed by atoms with Crippen LogP contribution in [0.3, 0.4) is 0 Å². The molecule has 94 valence electrons. The van der Waals surface area contributed by atoms with Gasteiger partial charge in [-0.05, 0) is 42.3 Å². The van der Waals surface area contributed by atoms with Crippen molar-refractivity contribution in [3.8, 4) is 11.5 Å². The van der Waals surface area contributed by atoms with Gasteiger partial charge in [-0.3, -0.25) is 0 Å². The first kappa shape index (κ1) is 13.4. The molecular weight excluding hydrogens is 319 g/mol. The highest BCUT2D eigenvalue weighted by Crippen LogP contribution is 2.30. The molecule has 1 nitrogen and oxygen atoms in total. The van der Waals surface area contributed by atoms with E-state index in [1.165, 1.54) is 6.07 Å². The maximum atomic E-state index is 13.6. The highest BCUT2D eigenvalue weighted by atomic mass is 79.9. The van der Waals surface area contributed by atoms with Crippen molar-refractivity contribution in [3.05, 3.63) is 57.8 Å². The topological polar surface area (TPSA) is 9.23 Å². The molecule has 2 aromatic rings. The molecule has 0 aromatic heterocycles. The van der Waals surface area contributed by atoms with E-state index in [1.807, 2.05) is 19.1 Å². The van der Waals surface area contributed by atoms with E-state index in [4.69, 9.17) is 16.3 Å². The number of aryl methyl sites for hydroxylation is 1. The maximum Gasteiger partial charge on any atom is 0.165 e. The fraction of sp³-hybridized carbons (Fsp3) is 0.143. The van der Waals surface area contributed by atoms with Crippen molar-refractivity contribution in [2.75, 3.05) is 0 Å². The minimum Gasteiger partial charge on any atom is -0.454 e. The third kappa shape index (κ3) is 3.03. The Labute approximate surface area is 119 Å². The Morgan fingerprint density at radius 1 is 1.17 bits per heavy atom. The number of hydrogen-bond acceptors (Lipinski definition) is 1. The molecule has 0 heterocycles. The molecule has 0 spiro atoms. The Hall–Kier alpha value is -1.06. The number of halogens is 3. The summed E-state index contributed by atoms with van der Waals surface area (Å²) in [6, 6.07) is 10.2. The number of benzene rings is 2. The number of alkyl halides is 1. The van der Waals surface area contributed by atoms with E-state index in [2.05, 4.69) is 15.9 Å². The Morgan fingerprint density at radius 3 is 2.61 bits per heavy atom. The van der Waals surface area contributed by atoms with Crippen LogP contribution in [0.25, 0.3) is 0 Å². The number of hydrogen-bond donors (Lipinski definition) is 0. The van der Waals surface area contributed by atoms with Crippen molar-refractivity contribution < 1.29 is 9.13 Å². The summed E-state index contributed by atoms with van der Waals surface area (Å²) in [6.45, 7) is 1.90. The molecule has 0 atom stereocenters. The standard InChI is InChI=1S/C14H11BrClFO/c1-9-6-10(8-16)2-5-13(9)18-14-7-11(15)3-4-12(14)17/h2-7H,8H2,1H3. The summed E-state index contributed by atoms with van der Waals surface area (Å²) in [4.78, 5) is 0. The second kappa shape index (κ2) is 5.72. The van der Waals surface area contributed by atoms with Gasteiger partial charge >= 0.3 is 0 Å². The van der Waals surface area contributed by atoms with Gasteiger partial charge in [-0.2, -0.15) is 0 Å². The smallest absolute Gasteiger partial charge is 0.165 e. The first-order chi connectivity index (χ1) is 8.60. The van der Waals surface area contributed by atoms with Gasteiger partial charge < -0.3 is 4.74 Å². The lowest BCUT2D eigenvalue weighted by atomic mass is 10.1. The minimum absolute atomic E-state index is 0.200. The summed E-state index contributed by atoms with van der Waals surface area (Å²) in [5.74, 6) is 0.887. The summed E-state index contributed by atoms with van der Waals surface area (Å²) in [5.41, 5.74) is 1.93. The average Bonchev–Trinajstić information content (AvgIpc) is 2.36. The molecule has 18 heavy (non-hydrogen) atoms. The Morgan fingerprint density at radius 2 is 1.94 bits per heavy atom. The average molecular weight is 330 g/mol. The molecule has 2 aromatic carbocycles. The van der Waals surface area contributed by atoms with Crippen LogP contribution in [0.1, 0.15) is 11.1 Å². The highest BCUT2D eigenvalue weighted by Gasteiger charge is 2.07. The van der Waals surface area contributed by atoms with Crippen molar-refractivity contribution in [1.29, 1.82) is 0 Å². The largest absolute Gasteiger partial charge is 0.454 e. The summed E-state index contributed by atoms with van der Waals surface area (Å²) >= 11 is 9.04. The van der Waals surface area contributed by atoms with Gasteiger partial charge in [0.05, 0.1) is 0 Å². The number of ether oxygens (including phenoxy) is 1. The maximum absolute atomic E-state index is 13.6. The summed E-state index contributed by atoms with van der Waals surface area (Å²) in [6.07, 6.45) is 0. The minimum atomic E-state index is -0.390. The van der Waals surface area contributed by atoms with Crippen LogP contribution >= 0.6 is 27.5 Å². The Balaban J connectivity index is 2.31.